The number of alkyl halides is 5. The van der Waals surface area contributed by atoms with Gasteiger partial charge >= 0.3 is 6.18 Å². The van der Waals surface area contributed by atoms with Crippen molar-refractivity contribution in [1.29, 1.82) is 0 Å². The Labute approximate surface area is 621 Å². The van der Waals surface area contributed by atoms with Crippen LogP contribution in [-0.4, -0.2) is 289 Å². The molecule has 598 valence electrons. The summed E-state index contributed by atoms with van der Waals surface area (Å²) in [4.78, 5) is 192. The minimum Gasteiger partial charge on any atom is -0.381 e. The van der Waals surface area contributed by atoms with E-state index in [1.807, 2.05) is 13.8 Å². The Balaban J connectivity index is 1.31. The van der Waals surface area contributed by atoms with E-state index in [1.165, 1.54) is 80.9 Å². The molecular formula is C75H119F5N12O14. The maximum atomic E-state index is 15.6. The number of halogens is 5. The molecule has 0 aromatic rings. The van der Waals surface area contributed by atoms with Gasteiger partial charge in [-0.15, -0.1) is 0 Å². The number of carbonyl (C=O) groups is 12. The third-order valence-electron chi connectivity index (χ3n) is 24.0. The van der Waals surface area contributed by atoms with E-state index in [0.717, 1.165) is 19.6 Å². The lowest BCUT2D eigenvalue weighted by atomic mass is 9.74. The molecule has 106 heavy (non-hydrogen) atoms. The SMILES string of the molecule is CCCOC[C@H]1C(=O)N[C@@H]([C@@H](C)CC)C(=O)N(C)CC(=O)N(C)[C@H]2C/C=C\CCN(C2=O)[C@@H](CC2CCC(F)(F)CC2)C(=O)N(C)CC(=O)N[C@@H](CCC2CCC(C(F)(F)F)C(OC)C2)C(=O)N2C[C@@H](C)C[C@H]2C(=O)NC2(CCC2)C(=O)N(C)[C@@H](C2CCCC2)C(=O)N(C)[C@H](C(=O)N(C)CC)CC(=O)N1C. The minimum absolute atomic E-state index is 0.0000186. The van der Waals surface area contributed by atoms with Gasteiger partial charge in [-0.25, -0.2) is 8.78 Å². The topological polar surface area (TPSA) is 289 Å². The molecule has 1 spiro atoms. The molecule has 2 bridgehead atoms. The van der Waals surface area contributed by atoms with Gasteiger partial charge in [-0.05, 0) is 146 Å². The van der Waals surface area contributed by atoms with Gasteiger partial charge < -0.3 is 69.5 Å². The van der Waals surface area contributed by atoms with Gasteiger partial charge in [0.2, 0.25) is 76.8 Å². The fraction of sp³-hybridized carbons (Fsp3) is 0.813. The summed E-state index contributed by atoms with van der Waals surface area (Å²) in [5.41, 5.74) is -1.58. The van der Waals surface area contributed by atoms with Crippen LogP contribution in [0.4, 0.5) is 22.0 Å². The van der Waals surface area contributed by atoms with Crippen molar-refractivity contribution >= 4 is 70.9 Å². The highest BCUT2D eigenvalue weighted by Gasteiger charge is 2.54. The Hall–Kier alpha value is -7.05. The van der Waals surface area contributed by atoms with Gasteiger partial charge in [0.15, 0.2) is 0 Å². The number of rotatable bonds is 15. The predicted molar refractivity (Wildman–Crippen MR) is 382 cm³/mol. The normalized spacial score (nSPS) is 30.7. The average molecular weight is 1510 g/mol. The lowest BCUT2D eigenvalue weighted by Gasteiger charge is -2.46. The van der Waals surface area contributed by atoms with Crippen molar-refractivity contribution in [3.05, 3.63) is 12.2 Å². The van der Waals surface area contributed by atoms with E-state index in [2.05, 4.69) is 16.0 Å². The van der Waals surface area contributed by atoms with Crippen LogP contribution in [0.1, 0.15) is 182 Å². The lowest BCUT2D eigenvalue weighted by Crippen LogP contribution is -2.68. The summed E-state index contributed by atoms with van der Waals surface area (Å²) < 4.78 is 83.7. The zero-order chi connectivity index (χ0) is 78.4. The molecule has 0 aromatic carbocycles. The Morgan fingerprint density at radius 1 is 0.689 bits per heavy atom. The van der Waals surface area contributed by atoms with Crippen LogP contribution in [0.5, 0.6) is 0 Å². The van der Waals surface area contributed by atoms with Crippen molar-refractivity contribution in [3.63, 3.8) is 0 Å². The van der Waals surface area contributed by atoms with Crippen molar-refractivity contribution in [1.82, 2.24) is 60.0 Å². The van der Waals surface area contributed by atoms with E-state index in [0.29, 0.717) is 44.9 Å². The fourth-order valence-corrected chi connectivity index (χ4v) is 16.6. The first kappa shape index (κ1) is 86.2. The fourth-order valence-electron chi connectivity index (χ4n) is 16.6. The second-order valence-corrected chi connectivity index (χ2v) is 31.5. The highest BCUT2D eigenvalue weighted by atomic mass is 19.4. The van der Waals surface area contributed by atoms with E-state index in [-0.39, 0.29) is 122 Å². The minimum atomic E-state index is -4.54. The summed E-state index contributed by atoms with van der Waals surface area (Å²) in [6, 6.07) is -10.8. The molecule has 3 unspecified atom stereocenters. The van der Waals surface area contributed by atoms with Crippen LogP contribution in [-0.2, 0) is 67.0 Å². The molecule has 0 aromatic heterocycles. The van der Waals surface area contributed by atoms with Crippen molar-refractivity contribution in [2.45, 2.75) is 254 Å². The molecule has 12 amide bonds. The van der Waals surface area contributed by atoms with Crippen LogP contribution >= 0.6 is 0 Å². The molecule has 4 saturated carbocycles. The predicted octanol–water partition coefficient (Wildman–Crippen LogP) is 5.54. The zero-order valence-corrected chi connectivity index (χ0v) is 64.7. The van der Waals surface area contributed by atoms with Crippen LogP contribution in [0.2, 0.25) is 0 Å². The first-order valence-corrected chi connectivity index (χ1v) is 38.5. The van der Waals surface area contributed by atoms with E-state index in [9.17, 15) is 50.7 Å². The van der Waals surface area contributed by atoms with Gasteiger partial charge in [0.05, 0.1) is 38.1 Å². The molecule has 31 heteroatoms. The Morgan fingerprint density at radius 2 is 1.35 bits per heavy atom. The highest BCUT2D eigenvalue weighted by molar-refractivity contribution is 6.01. The first-order chi connectivity index (χ1) is 49.9. The number of nitrogens with one attached hydrogen (secondary N) is 3. The molecule has 3 aliphatic heterocycles. The number of ether oxygens (including phenoxy) is 2. The number of likely N-dealkylation sites (N-methyl/N-ethyl adjacent to an activating group) is 7. The second kappa shape index (κ2) is 37.9. The summed E-state index contributed by atoms with van der Waals surface area (Å²) in [7, 11) is 10.9. The van der Waals surface area contributed by atoms with Crippen molar-refractivity contribution in [3.8, 4) is 0 Å². The quantitative estimate of drug-likeness (QED) is 0.103. The number of hydrogen-bond acceptors (Lipinski definition) is 14. The van der Waals surface area contributed by atoms with Crippen LogP contribution in [0.15, 0.2) is 12.2 Å². The van der Waals surface area contributed by atoms with Crippen LogP contribution in [0.3, 0.4) is 0 Å². The van der Waals surface area contributed by atoms with Crippen molar-refractivity contribution in [2.75, 3.05) is 102 Å². The van der Waals surface area contributed by atoms with Crippen molar-refractivity contribution in [2.24, 2.45) is 35.5 Å². The molecule has 3 heterocycles. The molecule has 13 atom stereocenters. The summed E-state index contributed by atoms with van der Waals surface area (Å²) in [6.07, 6.45) is 0.256. The Bertz CT molecular complexity index is 3140. The van der Waals surface area contributed by atoms with Gasteiger partial charge in [0.25, 0.3) is 0 Å². The van der Waals surface area contributed by atoms with E-state index in [4.69, 9.17) is 9.47 Å². The Morgan fingerprint density at radius 3 is 1.95 bits per heavy atom. The van der Waals surface area contributed by atoms with Gasteiger partial charge in [-0.1, -0.05) is 59.1 Å². The average Bonchev–Trinajstić information content (AvgIpc) is 1.17. The summed E-state index contributed by atoms with van der Waals surface area (Å²) in [5.74, 6) is -15.6. The first-order valence-electron chi connectivity index (χ1n) is 38.5. The molecule has 7 rings (SSSR count). The monoisotopic (exact) mass is 1510 g/mol. The van der Waals surface area contributed by atoms with Gasteiger partial charge in [-0.2, -0.15) is 13.2 Å². The third-order valence-corrected chi connectivity index (χ3v) is 24.0. The number of carbonyl (C=O) groups excluding carboxylic acids is 12. The molecular weight excluding hydrogens is 1390 g/mol. The Kier molecular flexibility index (Phi) is 30.8. The van der Waals surface area contributed by atoms with E-state index >= 15 is 28.8 Å². The number of methoxy groups -OCH3 is 1. The molecule has 6 fully saturated rings. The number of hydrogen-bond donors (Lipinski definition) is 3. The molecule has 0 radical (unpaired) electrons. The summed E-state index contributed by atoms with van der Waals surface area (Å²) in [6.45, 7) is 7.43. The van der Waals surface area contributed by atoms with Gasteiger partial charge in [-0.3, -0.25) is 57.5 Å². The smallest absolute Gasteiger partial charge is 0.381 e. The van der Waals surface area contributed by atoms with E-state index in [1.54, 1.807) is 32.9 Å². The summed E-state index contributed by atoms with van der Waals surface area (Å²) >= 11 is 0. The molecule has 7 aliphatic rings. The van der Waals surface area contributed by atoms with E-state index < -0.39 is 205 Å². The molecule has 3 N–H and O–H groups in total. The summed E-state index contributed by atoms with van der Waals surface area (Å²) in [5, 5.41) is 8.66. The van der Waals surface area contributed by atoms with Crippen LogP contribution in [0, 0.1) is 35.5 Å². The molecule has 2 saturated heterocycles. The van der Waals surface area contributed by atoms with Gasteiger partial charge in [0, 0.05) is 95.5 Å². The largest absolute Gasteiger partial charge is 0.394 e. The van der Waals surface area contributed by atoms with Crippen LogP contribution < -0.4 is 16.0 Å². The number of nitrogens with zero attached hydrogens (tertiary/aromatic N) is 9. The third kappa shape index (κ3) is 21.0. The maximum absolute atomic E-state index is 15.6. The van der Waals surface area contributed by atoms with Crippen LogP contribution in [0.25, 0.3) is 0 Å². The zero-order valence-electron chi connectivity index (χ0n) is 64.7. The standard InChI is InChI=1S/C75H119F5N12O14/c1-14-37-106-45-57-64(96)82-62(47(5)15-2)70(102)86(8)44-61(95)87(9)53-25-18-17-21-36-91(69(53)101)56(39-49-30-34-74(76,77)35-31-49)68(100)85(7)43-59(93)81-52(29-27-48-26-28-51(75(78,79)80)58(40-48)105-13)66(98)92-42-46(4)38-54(92)65(97)83-73(32-22-33-73)72(104)90(12)63(50-23-19-20-24-50)71(103)89(11)55(41-60(94)88(57)10)67(99)84(6)16-3/h17-18,46-58,62-63H,14-16,19-45H2,1-13H3,(H,81,93)(H,82,96)(H,83,97)/b18-17-/t46-,47-,48?,51?,52-,53-,54-,55-,56-,57-,58?,62-,63-/m0/s1. The van der Waals surface area contributed by atoms with Crippen molar-refractivity contribution < 1.29 is 89.0 Å². The van der Waals surface area contributed by atoms with Gasteiger partial charge in [0.1, 0.15) is 53.9 Å². The number of fused-ring (bicyclic) bond motifs is 3. The lowest BCUT2D eigenvalue weighted by molar-refractivity contribution is -0.215. The maximum Gasteiger partial charge on any atom is 0.394 e. The highest BCUT2D eigenvalue weighted by Crippen LogP contribution is 2.44. The second-order valence-electron chi connectivity index (χ2n) is 31.5. The molecule has 4 aliphatic carbocycles. The number of amides is 12. The molecule has 26 nitrogen and oxygen atoms in total.